The number of ketones is 1. The Morgan fingerprint density at radius 1 is 1.17 bits per heavy atom. The lowest BCUT2D eigenvalue weighted by molar-refractivity contribution is -0.127. The van der Waals surface area contributed by atoms with Gasteiger partial charge in [0.1, 0.15) is 5.78 Å². The molecular weight excluding hydrogens is 296 g/mol. The van der Waals surface area contributed by atoms with Crippen molar-refractivity contribution in [2.75, 3.05) is 6.61 Å². The summed E-state index contributed by atoms with van der Waals surface area (Å²) in [6.07, 6.45) is 12.3. The topological polar surface area (TPSA) is 37.3 Å². The third-order valence-electron chi connectivity index (χ3n) is 8.95. The maximum Gasteiger partial charge on any atom is 0.133 e. The average Bonchev–Trinajstić information content (AvgIpc) is 2.91. The highest BCUT2D eigenvalue weighted by molar-refractivity contribution is 5.79. The lowest BCUT2D eigenvalue weighted by Crippen LogP contribution is -2.50. The lowest BCUT2D eigenvalue weighted by atomic mass is 9.47. The SMILES string of the molecule is CC(=O)[C@H]1CCC2C3CC=C4CC(CO)CC[C@]4(C)C3CC[C@@]21C. The predicted molar refractivity (Wildman–Crippen MR) is 96.4 cm³/mol. The molecule has 0 bridgehead atoms. The number of aliphatic hydroxyl groups excluding tert-OH is 1. The summed E-state index contributed by atoms with van der Waals surface area (Å²) in [6, 6.07) is 0. The molecule has 3 saturated carbocycles. The van der Waals surface area contributed by atoms with Gasteiger partial charge in [0.25, 0.3) is 0 Å². The Morgan fingerprint density at radius 3 is 2.67 bits per heavy atom. The summed E-state index contributed by atoms with van der Waals surface area (Å²) in [5.74, 6) is 3.57. The van der Waals surface area contributed by atoms with E-state index in [1.807, 2.05) is 6.92 Å². The van der Waals surface area contributed by atoms with Crippen molar-refractivity contribution < 1.29 is 9.90 Å². The summed E-state index contributed by atoms with van der Waals surface area (Å²) in [6.45, 7) is 7.11. The summed E-state index contributed by atoms with van der Waals surface area (Å²) < 4.78 is 0. The molecule has 0 heterocycles. The number of rotatable bonds is 2. The molecule has 1 N–H and O–H groups in total. The molecule has 0 aromatic rings. The summed E-state index contributed by atoms with van der Waals surface area (Å²) in [4.78, 5) is 12.2. The van der Waals surface area contributed by atoms with E-state index in [0.717, 1.165) is 30.6 Å². The van der Waals surface area contributed by atoms with Gasteiger partial charge in [-0.2, -0.15) is 0 Å². The van der Waals surface area contributed by atoms with Gasteiger partial charge in [-0.25, -0.2) is 0 Å². The predicted octanol–water partition coefficient (Wildman–Crippen LogP) is 4.76. The van der Waals surface area contributed by atoms with E-state index in [-0.39, 0.29) is 5.41 Å². The molecule has 24 heavy (non-hydrogen) atoms. The van der Waals surface area contributed by atoms with Gasteiger partial charge in [0.2, 0.25) is 0 Å². The molecule has 0 spiro atoms. The van der Waals surface area contributed by atoms with E-state index in [2.05, 4.69) is 19.9 Å². The Labute approximate surface area is 147 Å². The number of Topliss-reactive ketones (excluding diaryl/α,β-unsaturated/α-hetero) is 1. The van der Waals surface area contributed by atoms with Crippen molar-refractivity contribution >= 4 is 5.78 Å². The van der Waals surface area contributed by atoms with Crippen molar-refractivity contribution in [2.45, 2.75) is 72.1 Å². The summed E-state index contributed by atoms with van der Waals surface area (Å²) >= 11 is 0. The Morgan fingerprint density at radius 2 is 1.96 bits per heavy atom. The lowest BCUT2D eigenvalue weighted by Gasteiger charge is -2.58. The highest BCUT2D eigenvalue weighted by Crippen LogP contribution is 2.66. The third-order valence-corrected chi connectivity index (χ3v) is 8.95. The molecule has 7 atom stereocenters. The fourth-order valence-corrected chi connectivity index (χ4v) is 7.56. The van der Waals surface area contributed by atoms with Crippen molar-refractivity contribution in [3.63, 3.8) is 0 Å². The largest absolute Gasteiger partial charge is 0.396 e. The Hall–Kier alpha value is -0.630. The van der Waals surface area contributed by atoms with E-state index in [1.165, 1.54) is 38.5 Å². The number of fused-ring (bicyclic) bond motifs is 5. The van der Waals surface area contributed by atoms with Crippen LogP contribution in [0.15, 0.2) is 11.6 Å². The van der Waals surface area contributed by atoms with E-state index < -0.39 is 0 Å². The maximum atomic E-state index is 12.2. The molecule has 4 aliphatic rings. The second-order valence-corrected chi connectivity index (χ2v) is 9.84. The minimum atomic E-state index is 0.261. The highest BCUT2D eigenvalue weighted by atomic mass is 16.3. The normalized spacial score (nSPS) is 50.5. The number of carbonyl (C=O) groups excluding carboxylic acids is 1. The summed E-state index contributed by atoms with van der Waals surface area (Å²) in [5.41, 5.74) is 2.28. The fraction of sp³-hybridized carbons (Fsp3) is 0.864. The quantitative estimate of drug-likeness (QED) is 0.741. The van der Waals surface area contributed by atoms with Crippen LogP contribution in [0.2, 0.25) is 0 Å². The van der Waals surface area contributed by atoms with Crippen LogP contribution >= 0.6 is 0 Å². The van der Waals surface area contributed by atoms with Gasteiger partial charge >= 0.3 is 0 Å². The number of hydrogen-bond acceptors (Lipinski definition) is 2. The van der Waals surface area contributed by atoms with Gasteiger partial charge in [-0.15, -0.1) is 0 Å². The van der Waals surface area contributed by atoms with Gasteiger partial charge in [0.15, 0.2) is 0 Å². The molecule has 3 fully saturated rings. The van der Waals surface area contributed by atoms with Gasteiger partial charge < -0.3 is 5.11 Å². The first-order chi connectivity index (χ1) is 11.4. The molecule has 2 nitrogen and oxygen atoms in total. The minimum absolute atomic E-state index is 0.261. The zero-order chi connectivity index (χ0) is 17.1. The molecule has 134 valence electrons. The van der Waals surface area contributed by atoms with Crippen LogP contribution in [-0.4, -0.2) is 17.5 Å². The zero-order valence-electron chi connectivity index (χ0n) is 15.7. The van der Waals surface area contributed by atoms with Crippen molar-refractivity contribution in [2.24, 2.45) is 40.4 Å². The van der Waals surface area contributed by atoms with Crippen LogP contribution in [0.4, 0.5) is 0 Å². The van der Waals surface area contributed by atoms with Gasteiger partial charge in [-0.05, 0) is 92.8 Å². The second kappa shape index (κ2) is 5.69. The number of aliphatic hydroxyl groups is 1. The summed E-state index contributed by atoms with van der Waals surface area (Å²) in [5, 5.41) is 9.58. The van der Waals surface area contributed by atoms with E-state index in [0.29, 0.717) is 29.6 Å². The monoisotopic (exact) mass is 330 g/mol. The number of carbonyl (C=O) groups is 1. The van der Waals surface area contributed by atoms with Crippen LogP contribution in [0.3, 0.4) is 0 Å². The van der Waals surface area contributed by atoms with Crippen LogP contribution in [-0.2, 0) is 4.79 Å². The molecule has 0 saturated heterocycles. The second-order valence-electron chi connectivity index (χ2n) is 9.84. The van der Waals surface area contributed by atoms with Crippen molar-refractivity contribution in [1.82, 2.24) is 0 Å². The van der Waals surface area contributed by atoms with Crippen LogP contribution in [0, 0.1) is 40.4 Å². The fourth-order valence-electron chi connectivity index (χ4n) is 7.56. The van der Waals surface area contributed by atoms with E-state index in [9.17, 15) is 9.90 Å². The third kappa shape index (κ3) is 2.21. The molecule has 4 rings (SSSR count). The number of allylic oxidation sites excluding steroid dienone is 2. The van der Waals surface area contributed by atoms with Crippen molar-refractivity contribution in [1.29, 1.82) is 0 Å². The zero-order valence-corrected chi connectivity index (χ0v) is 15.7. The molecule has 0 radical (unpaired) electrons. The van der Waals surface area contributed by atoms with E-state index in [4.69, 9.17) is 0 Å². The van der Waals surface area contributed by atoms with Gasteiger partial charge in [0, 0.05) is 12.5 Å². The molecule has 0 aliphatic heterocycles. The molecule has 4 unspecified atom stereocenters. The molecule has 2 heteroatoms. The van der Waals surface area contributed by atoms with E-state index in [1.54, 1.807) is 5.57 Å². The number of hydrogen-bond donors (Lipinski definition) is 1. The van der Waals surface area contributed by atoms with Crippen LogP contribution < -0.4 is 0 Å². The van der Waals surface area contributed by atoms with Gasteiger partial charge in [-0.1, -0.05) is 25.5 Å². The minimum Gasteiger partial charge on any atom is -0.396 e. The first kappa shape index (κ1) is 16.8. The molecular formula is C22H34O2. The first-order valence-corrected chi connectivity index (χ1v) is 10.2. The van der Waals surface area contributed by atoms with Crippen molar-refractivity contribution in [3.8, 4) is 0 Å². The molecule has 4 aliphatic carbocycles. The Kier molecular flexibility index (Phi) is 3.99. The highest BCUT2D eigenvalue weighted by Gasteiger charge is 2.59. The van der Waals surface area contributed by atoms with Crippen LogP contribution in [0.1, 0.15) is 72.1 Å². The standard InChI is InChI=1S/C22H34O2/c1-14(24)18-6-7-19-17-5-4-16-12-15(13-23)8-10-21(16,2)20(17)9-11-22(18,19)3/h4,15,17-20,23H,5-13H2,1-3H3/t15?,17?,18-,19?,20?,21+,22-/m1/s1. The van der Waals surface area contributed by atoms with Gasteiger partial charge in [-0.3, -0.25) is 4.79 Å². The summed E-state index contributed by atoms with van der Waals surface area (Å²) in [7, 11) is 0. The Bertz CT molecular complexity index is 564. The first-order valence-electron chi connectivity index (χ1n) is 10.2. The Balaban J connectivity index is 1.63. The van der Waals surface area contributed by atoms with Crippen LogP contribution in [0.5, 0.6) is 0 Å². The molecule has 0 amide bonds. The average molecular weight is 331 g/mol. The van der Waals surface area contributed by atoms with Gasteiger partial charge in [0.05, 0.1) is 0 Å². The van der Waals surface area contributed by atoms with Crippen molar-refractivity contribution in [3.05, 3.63) is 11.6 Å². The molecule has 0 aromatic heterocycles. The maximum absolute atomic E-state index is 12.2. The van der Waals surface area contributed by atoms with E-state index >= 15 is 0 Å². The smallest absolute Gasteiger partial charge is 0.133 e. The van der Waals surface area contributed by atoms with Crippen LogP contribution in [0.25, 0.3) is 0 Å². The molecule has 0 aromatic carbocycles.